The lowest BCUT2D eigenvalue weighted by Gasteiger charge is -2.36. The molecule has 0 amide bonds. The maximum Gasteiger partial charge on any atom is 0.151 e. The number of nitrogens with two attached hydrogens (primary N) is 1. The second-order valence-corrected chi connectivity index (χ2v) is 4.98. The van der Waals surface area contributed by atoms with Gasteiger partial charge in [0.25, 0.3) is 0 Å². The van der Waals surface area contributed by atoms with Crippen molar-refractivity contribution in [3.63, 3.8) is 0 Å². The minimum Gasteiger partial charge on any atom is -0.396 e. The first-order valence-electron chi connectivity index (χ1n) is 6.74. The van der Waals surface area contributed by atoms with Crippen LogP contribution in [0.1, 0.15) is 5.56 Å². The lowest BCUT2D eigenvalue weighted by Crippen LogP contribution is -2.47. The average molecular weight is 270 g/mol. The molecule has 2 N–H and O–H groups in total. The van der Waals surface area contributed by atoms with Gasteiger partial charge in [0.15, 0.2) is 11.6 Å². The van der Waals surface area contributed by atoms with Crippen LogP contribution >= 0.6 is 0 Å². The van der Waals surface area contributed by atoms with Gasteiger partial charge in [-0.15, -0.1) is 5.10 Å². The van der Waals surface area contributed by atoms with Crippen molar-refractivity contribution in [2.75, 3.05) is 41.7 Å². The average Bonchev–Trinajstić information content (AvgIpc) is 2.48. The number of hydrogen-bond donors (Lipinski definition) is 1. The fourth-order valence-corrected chi connectivity index (χ4v) is 2.42. The summed E-state index contributed by atoms with van der Waals surface area (Å²) in [6.45, 7) is 5.60. The zero-order chi connectivity index (χ0) is 13.9. The van der Waals surface area contributed by atoms with Crippen molar-refractivity contribution in [1.82, 2.24) is 15.2 Å². The molecule has 6 nitrogen and oxygen atoms in total. The zero-order valence-corrected chi connectivity index (χ0v) is 11.5. The van der Waals surface area contributed by atoms with Crippen molar-refractivity contribution in [3.8, 4) is 0 Å². The number of aryl methyl sites for hydroxylation is 1. The van der Waals surface area contributed by atoms with Crippen LogP contribution in [-0.2, 0) is 0 Å². The van der Waals surface area contributed by atoms with E-state index >= 15 is 0 Å². The van der Waals surface area contributed by atoms with Crippen LogP contribution < -0.4 is 15.5 Å². The molecule has 3 heterocycles. The van der Waals surface area contributed by atoms with Crippen LogP contribution in [0.5, 0.6) is 0 Å². The van der Waals surface area contributed by atoms with E-state index in [1.165, 1.54) is 0 Å². The highest BCUT2D eigenvalue weighted by Gasteiger charge is 2.20. The molecular formula is C14H18N6. The first-order chi connectivity index (χ1) is 9.74. The minimum absolute atomic E-state index is 0.733. The number of pyridine rings is 1. The Kier molecular flexibility index (Phi) is 3.37. The molecule has 0 aromatic carbocycles. The van der Waals surface area contributed by atoms with Gasteiger partial charge in [0.2, 0.25) is 0 Å². The molecule has 1 fully saturated rings. The zero-order valence-electron chi connectivity index (χ0n) is 11.5. The third kappa shape index (κ3) is 2.49. The van der Waals surface area contributed by atoms with Crippen molar-refractivity contribution in [2.45, 2.75) is 6.92 Å². The number of piperazine rings is 1. The van der Waals surface area contributed by atoms with E-state index in [4.69, 9.17) is 5.73 Å². The van der Waals surface area contributed by atoms with Crippen LogP contribution in [0.25, 0.3) is 0 Å². The van der Waals surface area contributed by atoms with Crippen molar-refractivity contribution in [1.29, 1.82) is 0 Å². The fourth-order valence-electron chi connectivity index (χ4n) is 2.42. The van der Waals surface area contributed by atoms with Gasteiger partial charge < -0.3 is 15.5 Å². The number of nitrogen functional groups attached to an aromatic ring is 1. The second-order valence-electron chi connectivity index (χ2n) is 4.98. The number of aromatic nitrogens is 3. The Hall–Kier alpha value is -2.37. The summed E-state index contributed by atoms with van der Waals surface area (Å²) in [6, 6.07) is 5.82. The van der Waals surface area contributed by atoms with Gasteiger partial charge in [-0.1, -0.05) is 0 Å². The first kappa shape index (κ1) is 12.7. The molecule has 0 bridgehead atoms. The molecule has 6 heteroatoms. The molecule has 0 radical (unpaired) electrons. The Morgan fingerprint density at radius 3 is 2.60 bits per heavy atom. The smallest absolute Gasteiger partial charge is 0.151 e. The van der Waals surface area contributed by atoms with Gasteiger partial charge in [0, 0.05) is 32.4 Å². The van der Waals surface area contributed by atoms with E-state index in [9.17, 15) is 0 Å². The Labute approximate surface area is 118 Å². The maximum atomic E-state index is 5.98. The van der Waals surface area contributed by atoms with E-state index in [1.54, 1.807) is 12.4 Å². The van der Waals surface area contributed by atoms with Gasteiger partial charge in [-0.3, -0.25) is 0 Å². The Balaban J connectivity index is 1.70. The van der Waals surface area contributed by atoms with Crippen LogP contribution in [0.2, 0.25) is 0 Å². The van der Waals surface area contributed by atoms with Crippen LogP contribution in [-0.4, -0.2) is 41.4 Å². The highest BCUT2D eigenvalue weighted by molar-refractivity contribution is 5.62. The number of nitrogens with zero attached hydrogens (tertiary/aromatic N) is 5. The quantitative estimate of drug-likeness (QED) is 0.880. The predicted octanol–water partition coefficient (Wildman–Crippen LogP) is 1.09. The van der Waals surface area contributed by atoms with Crippen LogP contribution in [0.15, 0.2) is 30.6 Å². The largest absolute Gasteiger partial charge is 0.396 e. The Morgan fingerprint density at radius 2 is 1.90 bits per heavy atom. The van der Waals surface area contributed by atoms with E-state index in [-0.39, 0.29) is 0 Å². The van der Waals surface area contributed by atoms with Crippen LogP contribution in [0, 0.1) is 6.92 Å². The van der Waals surface area contributed by atoms with E-state index in [0.717, 1.165) is 49.1 Å². The molecule has 1 aliphatic rings. The number of anilines is 3. The molecule has 20 heavy (non-hydrogen) atoms. The first-order valence-corrected chi connectivity index (χ1v) is 6.74. The van der Waals surface area contributed by atoms with Crippen molar-refractivity contribution in [2.24, 2.45) is 0 Å². The van der Waals surface area contributed by atoms with Crippen LogP contribution in [0.4, 0.5) is 17.3 Å². The highest BCUT2D eigenvalue weighted by atomic mass is 15.3. The summed E-state index contributed by atoms with van der Waals surface area (Å²) < 4.78 is 0. The molecule has 0 spiro atoms. The number of hydrogen-bond acceptors (Lipinski definition) is 6. The summed E-state index contributed by atoms with van der Waals surface area (Å²) in [7, 11) is 0. The molecule has 1 saturated heterocycles. The lowest BCUT2D eigenvalue weighted by atomic mass is 10.2. The molecule has 0 aliphatic carbocycles. The van der Waals surface area contributed by atoms with E-state index in [1.807, 2.05) is 19.1 Å². The Bertz CT molecular complexity index is 592. The molecule has 2 aromatic heterocycles. The molecular weight excluding hydrogens is 252 g/mol. The van der Waals surface area contributed by atoms with E-state index < -0.39 is 0 Å². The summed E-state index contributed by atoms with van der Waals surface area (Å²) in [5.74, 6) is 1.82. The summed E-state index contributed by atoms with van der Waals surface area (Å²) in [5.41, 5.74) is 7.84. The molecule has 2 aromatic rings. The SMILES string of the molecule is Cc1cnnc(N2CCN(c3ncccc3N)CC2)c1. The summed E-state index contributed by atoms with van der Waals surface area (Å²) in [5, 5.41) is 8.21. The monoisotopic (exact) mass is 270 g/mol. The highest BCUT2D eigenvalue weighted by Crippen LogP contribution is 2.22. The third-order valence-electron chi connectivity index (χ3n) is 3.50. The van der Waals surface area contributed by atoms with Crippen molar-refractivity contribution in [3.05, 3.63) is 36.2 Å². The summed E-state index contributed by atoms with van der Waals surface area (Å²) in [6.07, 6.45) is 3.55. The summed E-state index contributed by atoms with van der Waals surface area (Å²) >= 11 is 0. The van der Waals surface area contributed by atoms with Gasteiger partial charge in [0.05, 0.1) is 11.9 Å². The van der Waals surface area contributed by atoms with Crippen molar-refractivity contribution >= 4 is 17.3 Å². The van der Waals surface area contributed by atoms with E-state index in [2.05, 4.69) is 31.0 Å². The second kappa shape index (κ2) is 5.32. The van der Waals surface area contributed by atoms with E-state index in [0.29, 0.717) is 0 Å². The normalized spacial score (nSPS) is 15.4. The molecule has 1 aliphatic heterocycles. The van der Waals surface area contributed by atoms with Gasteiger partial charge in [-0.25, -0.2) is 4.98 Å². The number of rotatable bonds is 2. The third-order valence-corrected chi connectivity index (χ3v) is 3.50. The predicted molar refractivity (Wildman–Crippen MR) is 79.8 cm³/mol. The van der Waals surface area contributed by atoms with Crippen molar-refractivity contribution < 1.29 is 0 Å². The minimum atomic E-state index is 0.733. The fraction of sp³-hybridized carbons (Fsp3) is 0.357. The maximum absolute atomic E-state index is 5.98. The molecule has 3 rings (SSSR count). The Morgan fingerprint density at radius 1 is 1.15 bits per heavy atom. The lowest BCUT2D eigenvalue weighted by molar-refractivity contribution is 0.638. The van der Waals surface area contributed by atoms with Gasteiger partial charge >= 0.3 is 0 Å². The summed E-state index contributed by atoms with van der Waals surface area (Å²) in [4.78, 5) is 8.83. The molecule has 0 atom stereocenters. The standard InChI is InChI=1S/C14H18N6/c1-11-9-13(18-17-10-11)19-5-7-20(8-6-19)14-12(15)3-2-4-16-14/h2-4,9-10H,5-8,15H2,1H3. The van der Waals surface area contributed by atoms with Gasteiger partial charge in [-0.2, -0.15) is 5.10 Å². The molecule has 0 unspecified atom stereocenters. The van der Waals surface area contributed by atoms with Gasteiger partial charge in [0.1, 0.15) is 0 Å². The molecule has 0 saturated carbocycles. The molecule has 104 valence electrons. The van der Waals surface area contributed by atoms with Gasteiger partial charge in [-0.05, 0) is 30.7 Å². The van der Waals surface area contributed by atoms with Crippen LogP contribution in [0.3, 0.4) is 0 Å². The topological polar surface area (TPSA) is 71.2 Å².